The van der Waals surface area contributed by atoms with Crippen LogP contribution in [0.1, 0.15) is 85.5 Å². The van der Waals surface area contributed by atoms with Gasteiger partial charge in [0.25, 0.3) is 0 Å². The summed E-state index contributed by atoms with van der Waals surface area (Å²) in [4.78, 5) is 0. The zero-order chi connectivity index (χ0) is 13.7. The van der Waals surface area contributed by atoms with Crippen molar-refractivity contribution in [2.75, 3.05) is 24.6 Å². The van der Waals surface area contributed by atoms with Gasteiger partial charge in [-0.3, -0.25) is 0 Å². The van der Waals surface area contributed by atoms with Crippen LogP contribution in [0.4, 0.5) is 0 Å². The molecule has 0 radical (unpaired) electrons. The Bertz CT molecular complexity index is 167. The summed E-state index contributed by atoms with van der Waals surface area (Å²) in [5, 5.41) is 0. The topological polar surface area (TPSA) is 0 Å². The summed E-state index contributed by atoms with van der Waals surface area (Å²) in [6, 6.07) is 0. The molecule has 1 heteroatoms. The average molecular weight is 274 g/mol. The fourth-order valence-corrected chi connectivity index (χ4v) is 8.24. The van der Waals surface area contributed by atoms with E-state index < -0.39 is 7.26 Å². The number of unbranched alkanes of at least 4 members (excludes halogenated alkanes) is 6. The Morgan fingerprint density at radius 3 is 1.61 bits per heavy atom. The average Bonchev–Trinajstić information content (AvgIpc) is 2.40. The molecule has 0 nitrogen and oxygen atoms in total. The number of hydrogen-bond donors (Lipinski definition) is 0. The van der Waals surface area contributed by atoms with E-state index in [2.05, 4.69) is 27.7 Å². The molecule has 0 bridgehead atoms. The van der Waals surface area contributed by atoms with Gasteiger partial charge in [0.1, 0.15) is 0 Å². The third kappa shape index (κ3) is 8.52. The summed E-state index contributed by atoms with van der Waals surface area (Å²) in [5.41, 5.74) is 0. The van der Waals surface area contributed by atoms with Gasteiger partial charge in [0, 0.05) is 0 Å². The van der Waals surface area contributed by atoms with Crippen molar-refractivity contribution in [2.24, 2.45) is 0 Å². The van der Waals surface area contributed by atoms with E-state index in [4.69, 9.17) is 0 Å². The Morgan fingerprint density at radius 2 is 1.06 bits per heavy atom. The monoisotopic (exact) mass is 274 g/mol. The first-order valence-electron chi connectivity index (χ1n) is 8.74. The van der Waals surface area contributed by atoms with Gasteiger partial charge in [0.2, 0.25) is 0 Å². The van der Waals surface area contributed by atoms with Crippen LogP contribution in [-0.4, -0.2) is 24.6 Å². The van der Waals surface area contributed by atoms with Gasteiger partial charge < -0.3 is 0 Å². The summed E-state index contributed by atoms with van der Waals surface area (Å²) in [6.45, 7) is 9.53. The summed E-state index contributed by atoms with van der Waals surface area (Å²) in [7, 11) is -0.859. The second-order valence-corrected chi connectivity index (χ2v) is 11.4. The molecule has 0 amide bonds. The Morgan fingerprint density at radius 1 is 0.500 bits per heavy atom. The summed E-state index contributed by atoms with van der Waals surface area (Å²) in [6.07, 6.45) is 19.5. The van der Waals surface area contributed by atoms with Crippen molar-refractivity contribution in [2.45, 2.75) is 85.5 Å². The van der Waals surface area contributed by atoms with Crippen LogP contribution in [0.2, 0.25) is 0 Å². The molecule has 0 heterocycles. The molecule has 0 fully saturated rings. The van der Waals surface area contributed by atoms with E-state index in [1.54, 1.807) is 18.5 Å². The van der Waals surface area contributed by atoms with Crippen LogP contribution >= 0.6 is 7.26 Å². The van der Waals surface area contributed by atoms with Crippen LogP contribution in [0.15, 0.2) is 0 Å². The summed E-state index contributed by atoms with van der Waals surface area (Å²) < 4.78 is 0. The minimum absolute atomic E-state index is 0.859. The van der Waals surface area contributed by atoms with Crippen LogP contribution in [-0.2, 0) is 0 Å². The molecule has 0 saturated carbocycles. The maximum absolute atomic E-state index is 2.48. The third-order valence-corrected chi connectivity index (χ3v) is 10.5. The quantitative estimate of drug-likeness (QED) is 0.272. The first-order chi connectivity index (χ1) is 8.74. The van der Waals surface area contributed by atoms with E-state index in [9.17, 15) is 0 Å². The molecule has 0 aliphatic carbocycles. The Balaban J connectivity index is 3.91. The van der Waals surface area contributed by atoms with Crippen molar-refractivity contribution in [3.8, 4) is 0 Å². The van der Waals surface area contributed by atoms with E-state index in [1.165, 1.54) is 63.9 Å². The van der Waals surface area contributed by atoms with Crippen LogP contribution in [0.3, 0.4) is 0 Å². The van der Waals surface area contributed by atoms with Gasteiger partial charge in [-0.1, -0.05) is 0 Å². The molecule has 0 aromatic rings. The zero-order valence-electron chi connectivity index (χ0n) is 13.7. The predicted molar refractivity (Wildman–Crippen MR) is 92.0 cm³/mol. The second-order valence-electron chi connectivity index (χ2n) is 6.22. The molecule has 18 heavy (non-hydrogen) atoms. The first kappa shape index (κ1) is 18.4. The van der Waals surface area contributed by atoms with E-state index >= 15 is 0 Å². The van der Waals surface area contributed by atoms with Gasteiger partial charge in [-0.2, -0.15) is 0 Å². The predicted octanol–water partition coefficient (Wildman–Crippen LogP) is 6.33. The zero-order valence-corrected chi connectivity index (χ0v) is 14.7. The number of rotatable bonds is 13. The molecule has 0 aromatic carbocycles. The van der Waals surface area contributed by atoms with Crippen LogP contribution < -0.4 is 0 Å². The first-order valence-corrected chi connectivity index (χ1v) is 11.6. The molecule has 0 saturated heterocycles. The molecule has 0 unspecified atom stereocenters. The van der Waals surface area contributed by atoms with Crippen molar-refractivity contribution in [3.05, 3.63) is 0 Å². The minimum atomic E-state index is -0.859. The van der Waals surface area contributed by atoms with E-state index in [1.807, 2.05) is 0 Å². The normalized spacial score (nSPS) is 12.9. The van der Waals surface area contributed by atoms with Gasteiger partial charge in [0.15, 0.2) is 0 Å². The molecular formula is C17H39P. The fourth-order valence-electron chi connectivity index (χ4n) is 3.27. The van der Waals surface area contributed by atoms with Crippen molar-refractivity contribution in [3.63, 3.8) is 0 Å². The van der Waals surface area contributed by atoms with Gasteiger partial charge in [-0.15, -0.1) is 0 Å². The molecule has 0 N–H and O–H groups in total. The Hall–Kier alpha value is 0.430. The molecular weight excluding hydrogens is 235 g/mol. The molecule has 0 aliphatic rings. The third-order valence-electron chi connectivity index (χ3n) is 4.65. The van der Waals surface area contributed by atoms with Crippen LogP contribution in [0.25, 0.3) is 0 Å². The van der Waals surface area contributed by atoms with E-state index in [0.29, 0.717) is 0 Å². The Labute approximate surface area is 118 Å². The standard InChI is InChI=1S/C17H39P/c1-5-9-11-12-13-14-17-18(8-4,15-7-3)16-10-6-2/h18H,5-17H2,1-4H3. The van der Waals surface area contributed by atoms with Crippen molar-refractivity contribution < 1.29 is 0 Å². The molecule has 0 rings (SSSR count). The van der Waals surface area contributed by atoms with Gasteiger partial charge >= 0.3 is 117 Å². The SMILES string of the molecule is CCCCCCCC[PH](CC)(CCC)CCCC. The Kier molecular flexibility index (Phi) is 12.8. The van der Waals surface area contributed by atoms with Crippen molar-refractivity contribution >= 4 is 7.26 Å². The van der Waals surface area contributed by atoms with Crippen molar-refractivity contribution in [1.82, 2.24) is 0 Å². The molecule has 0 aliphatic heterocycles. The second kappa shape index (κ2) is 12.5. The van der Waals surface area contributed by atoms with Crippen LogP contribution in [0, 0.1) is 0 Å². The van der Waals surface area contributed by atoms with Crippen molar-refractivity contribution in [1.29, 1.82) is 0 Å². The van der Waals surface area contributed by atoms with E-state index in [0.717, 1.165) is 0 Å². The van der Waals surface area contributed by atoms with Gasteiger partial charge in [0.05, 0.1) is 0 Å². The summed E-state index contributed by atoms with van der Waals surface area (Å²) in [5.74, 6) is 0. The number of hydrogen-bond acceptors (Lipinski definition) is 0. The van der Waals surface area contributed by atoms with Gasteiger partial charge in [-0.25, -0.2) is 0 Å². The summed E-state index contributed by atoms with van der Waals surface area (Å²) >= 11 is 0. The van der Waals surface area contributed by atoms with Crippen LogP contribution in [0.5, 0.6) is 0 Å². The molecule has 0 atom stereocenters. The molecule has 0 aromatic heterocycles. The van der Waals surface area contributed by atoms with E-state index in [-0.39, 0.29) is 0 Å². The molecule has 0 spiro atoms. The molecule has 112 valence electrons. The fraction of sp³-hybridized carbons (Fsp3) is 1.00. The maximum atomic E-state index is 2.48. The van der Waals surface area contributed by atoms with Gasteiger partial charge in [-0.05, 0) is 0 Å².